The van der Waals surface area contributed by atoms with E-state index in [0.717, 1.165) is 47.0 Å². The molecule has 0 saturated heterocycles. The Labute approximate surface area is 173 Å². The quantitative estimate of drug-likeness (QED) is 0.404. The van der Waals surface area contributed by atoms with Crippen molar-refractivity contribution in [3.05, 3.63) is 89.2 Å². The van der Waals surface area contributed by atoms with E-state index < -0.39 is 0 Å². The van der Waals surface area contributed by atoms with Gasteiger partial charge in [0.05, 0.1) is 11.9 Å². The molecule has 1 aliphatic rings. The van der Waals surface area contributed by atoms with E-state index in [9.17, 15) is 9.90 Å². The normalized spacial score (nSPS) is 13.1. The molecule has 0 radical (unpaired) electrons. The van der Waals surface area contributed by atoms with Gasteiger partial charge in [0.25, 0.3) is 5.91 Å². The average Bonchev–Trinajstić information content (AvgIpc) is 3.39. The first-order chi connectivity index (χ1) is 14.7. The summed E-state index contributed by atoms with van der Waals surface area (Å²) in [5.74, 6) is -0.236. The fraction of sp³-hybridized carbons (Fsp3) is 0.125. The highest BCUT2D eigenvalue weighted by Crippen LogP contribution is 2.28. The number of hydrazone groups is 1. The smallest absolute Gasteiger partial charge is 0.292 e. The minimum Gasteiger partial charge on any atom is -0.507 e. The van der Waals surface area contributed by atoms with Crippen molar-refractivity contribution in [3.63, 3.8) is 0 Å². The molecular formula is C24H20N4O2. The van der Waals surface area contributed by atoms with Crippen LogP contribution in [-0.2, 0) is 12.8 Å². The molecule has 0 fully saturated rings. The van der Waals surface area contributed by atoms with E-state index in [1.54, 1.807) is 6.07 Å². The van der Waals surface area contributed by atoms with Gasteiger partial charge in [-0.3, -0.25) is 4.79 Å². The topological polar surface area (TPSA) is 79.5 Å². The van der Waals surface area contributed by atoms with Crippen molar-refractivity contribution in [2.75, 3.05) is 0 Å². The summed E-state index contributed by atoms with van der Waals surface area (Å²) in [6, 6.07) is 21.0. The van der Waals surface area contributed by atoms with Crippen molar-refractivity contribution in [1.29, 1.82) is 0 Å². The maximum absolute atomic E-state index is 12.8. The molecule has 0 aliphatic heterocycles. The number of nitrogens with one attached hydrogen (secondary N) is 1. The predicted molar refractivity (Wildman–Crippen MR) is 116 cm³/mol. The Kier molecular flexibility index (Phi) is 4.52. The van der Waals surface area contributed by atoms with Crippen LogP contribution in [0.15, 0.2) is 71.8 Å². The second-order valence-electron chi connectivity index (χ2n) is 7.29. The molecule has 5 rings (SSSR count). The summed E-state index contributed by atoms with van der Waals surface area (Å²) in [5, 5.41) is 20.8. The van der Waals surface area contributed by atoms with Crippen LogP contribution in [0.1, 0.15) is 33.7 Å². The zero-order valence-electron chi connectivity index (χ0n) is 16.2. The molecule has 1 aliphatic carbocycles. The van der Waals surface area contributed by atoms with Crippen LogP contribution >= 0.6 is 0 Å². The molecule has 6 nitrogen and oxygen atoms in total. The van der Waals surface area contributed by atoms with Crippen LogP contribution in [0, 0.1) is 0 Å². The fourth-order valence-electron chi connectivity index (χ4n) is 4.03. The summed E-state index contributed by atoms with van der Waals surface area (Å²) in [6.45, 7) is 0. The van der Waals surface area contributed by atoms with E-state index in [1.807, 2.05) is 65.3 Å². The molecule has 30 heavy (non-hydrogen) atoms. The number of para-hydroxylation sites is 1. The van der Waals surface area contributed by atoms with Crippen LogP contribution in [-0.4, -0.2) is 27.0 Å². The van der Waals surface area contributed by atoms with Crippen LogP contribution in [0.25, 0.3) is 16.5 Å². The number of hydrogen-bond acceptors (Lipinski definition) is 4. The van der Waals surface area contributed by atoms with Crippen molar-refractivity contribution >= 4 is 22.9 Å². The standard InChI is InChI=1S/C24H20N4O2/c29-22-14-13-16-7-4-5-10-18(16)20(22)15-25-26-24(30)23-19-11-6-12-21(19)28(27-23)17-8-2-1-3-9-17/h1-5,7-10,13-15,29H,6,11-12H2,(H,26,30)/b25-15+. The minimum atomic E-state index is -0.348. The first-order valence-corrected chi connectivity index (χ1v) is 9.92. The lowest BCUT2D eigenvalue weighted by molar-refractivity contribution is 0.0949. The van der Waals surface area contributed by atoms with Gasteiger partial charge in [-0.05, 0) is 48.2 Å². The van der Waals surface area contributed by atoms with Gasteiger partial charge < -0.3 is 5.11 Å². The maximum atomic E-state index is 12.8. The van der Waals surface area contributed by atoms with Gasteiger partial charge in [-0.25, -0.2) is 10.1 Å². The molecule has 0 unspecified atom stereocenters. The third-order valence-electron chi connectivity index (χ3n) is 5.45. The van der Waals surface area contributed by atoms with Gasteiger partial charge in [0.15, 0.2) is 5.69 Å². The Hall–Kier alpha value is -3.93. The number of aromatic nitrogens is 2. The van der Waals surface area contributed by atoms with Crippen LogP contribution in [0.4, 0.5) is 0 Å². The maximum Gasteiger partial charge on any atom is 0.292 e. The van der Waals surface area contributed by atoms with Gasteiger partial charge >= 0.3 is 0 Å². The zero-order chi connectivity index (χ0) is 20.5. The molecule has 148 valence electrons. The molecule has 1 heterocycles. The number of benzene rings is 3. The van der Waals surface area contributed by atoms with Crippen LogP contribution in [0.2, 0.25) is 0 Å². The molecule has 4 aromatic rings. The Morgan fingerprint density at radius 3 is 2.70 bits per heavy atom. The van der Waals surface area contributed by atoms with E-state index in [4.69, 9.17) is 0 Å². The molecule has 0 saturated carbocycles. The summed E-state index contributed by atoms with van der Waals surface area (Å²) in [6.07, 6.45) is 4.22. The van der Waals surface area contributed by atoms with E-state index in [-0.39, 0.29) is 11.7 Å². The highest BCUT2D eigenvalue weighted by Gasteiger charge is 2.26. The van der Waals surface area contributed by atoms with Crippen molar-refractivity contribution in [3.8, 4) is 11.4 Å². The van der Waals surface area contributed by atoms with Crippen LogP contribution < -0.4 is 5.43 Å². The minimum absolute atomic E-state index is 0.112. The Morgan fingerprint density at radius 2 is 1.83 bits per heavy atom. The number of phenolic OH excluding ortho intramolecular Hbond substituents is 1. The Morgan fingerprint density at radius 1 is 1.03 bits per heavy atom. The predicted octanol–water partition coefficient (Wildman–Crippen LogP) is 3.98. The summed E-state index contributed by atoms with van der Waals surface area (Å²) in [4.78, 5) is 12.8. The van der Waals surface area contributed by atoms with Crippen molar-refractivity contribution in [2.24, 2.45) is 5.10 Å². The van der Waals surface area contributed by atoms with Gasteiger partial charge in [-0.2, -0.15) is 10.2 Å². The molecule has 2 N–H and O–H groups in total. The lowest BCUT2D eigenvalue weighted by Gasteiger charge is -2.05. The Balaban J connectivity index is 1.43. The molecule has 0 spiro atoms. The second-order valence-corrected chi connectivity index (χ2v) is 7.29. The number of fused-ring (bicyclic) bond motifs is 2. The fourth-order valence-corrected chi connectivity index (χ4v) is 4.03. The third kappa shape index (κ3) is 3.12. The zero-order valence-corrected chi connectivity index (χ0v) is 16.2. The lowest BCUT2D eigenvalue weighted by Crippen LogP contribution is -2.20. The summed E-state index contributed by atoms with van der Waals surface area (Å²) >= 11 is 0. The van der Waals surface area contributed by atoms with Gasteiger partial charge in [0, 0.05) is 16.8 Å². The SMILES string of the molecule is O=C(N/N=C/c1c(O)ccc2ccccc12)c1nn(-c2ccccc2)c2c1CCC2. The van der Waals surface area contributed by atoms with E-state index in [2.05, 4.69) is 15.6 Å². The first-order valence-electron chi connectivity index (χ1n) is 9.92. The monoisotopic (exact) mass is 396 g/mol. The van der Waals surface area contributed by atoms with E-state index in [0.29, 0.717) is 11.3 Å². The molecule has 3 aromatic carbocycles. The summed E-state index contributed by atoms with van der Waals surface area (Å²) in [5.41, 5.74) is 6.56. The molecule has 1 amide bonds. The van der Waals surface area contributed by atoms with Gasteiger partial charge in [0.1, 0.15) is 5.75 Å². The lowest BCUT2D eigenvalue weighted by atomic mass is 10.0. The van der Waals surface area contributed by atoms with E-state index in [1.165, 1.54) is 6.21 Å². The second kappa shape index (κ2) is 7.48. The number of phenols is 1. The number of rotatable bonds is 4. The third-order valence-corrected chi connectivity index (χ3v) is 5.45. The molecule has 0 atom stereocenters. The number of aromatic hydroxyl groups is 1. The van der Waals surface area contributed by atoms with Crippen LogP contribution in [0.5, 0.6) is 5.75 Å². The first kappa shape index (κ1) is 18.1. The van der Waals surface area contributed by atoms with Crippen molar-refractivity contribution in [2.45, 2.75) is 19.3 Å². The molecular weight excluding hydrogens is 376 g/mol. The molecule has 0 bridgehead atoms. The van der Waals surface area contributed by atoms with Crippen molar-refractivity contribution < 1.29 is 9.90 Å². The number of amides is 1. The van der Waals surface area contributed by atoms with Gasteiger partial charge in [-0.1, -0.05) is 48.5 Å². The van der Waals surface area contributed by atoms with Crippen molar-refractivity contribution in [1.82, 2.24) is 15.2 Å². The highest BCUT2D eigenvalue weighted by molar-refractivity contribution is 6.03. The summed E-state index contributed by atoms with van der Waals surface area (Å²) in [7, 11) is 0. The highest BCUT2D eigenvalue weighted by atomic mass is 16.3. The molecule has 6 heteroatoms. The molecule has 1 aromatic heterocycles. The Bertz CT molecular complexity index is 1280. The summed E-state index contributed by atoms with van der Waals surface area (Å²) < 4.78 is 1.86. The van der Waals surface area contributed by atoms with Gasteiger partial charge in [0.2, 0.25) is 0 Å². The largest absolute Gasteiger partial charge is 0.507 e. The van der Waals surface area contributed by atoms with E-state index >= 15 is 0 Å². The average molecular weight is 396 g/mol. The number of carbonyl (C=O) groups excluding carboxylic acids is 1. The number of carbonyl (C=O) groups is 1. The number of nitrogens with zero attached hydrogens (tertiary/aromatic N) is 3. The van der Waals surface area contributed by atoms with Gasteiger partial charge in [-0.15, -0.1) is 0 Å². The number of hydrogen-bond donors (Lipinski definition) is 2. The van der Waals surface area contributed by atoms with Crippen LogP contribution in [0.3, 0.4) is 0 Å².